The largest absolute Gasteiger partial charge is 0.355 e. The third-order valence-corrected chi connectivity index (χ3v) is 10.3. The summed E-state index contributed by atoms with van der Waals surface area (Å²) in [5, 5.41) is 0. The third kappa shape index (κ3) is 10.9. The summed E-state index contributed by atoms with van der Waals surface area (Å²) >= 11 is 2.26. The molecule has 2 heterocycles. The fourth-order valence-electron chi connectivity index (χ4n) is 6.15. The zero-order valence-electron chi connectivity index (χ0n) is 28.8. The van der Waals surface area contributed by atoms with Gasteiger partial charge in [0.1, 0.15) is 8.07 Å². The number of halogens is 1. The fraction of sp³-hybridized carbons (Fsp3) is 0.415. The van der Waals surface area contributed by atoms with Crippen LogP contribution < -0.4 is 0 Å². The molecule has 0 amide bonds. The van der Waals surface area contributed by atoms with Gasteiger partial charge in [-0.15, -0.1) is 5.54 Å². The van der Waals surface area contributed by atoms with E-state index in [2.05, 4.69) is 89.6 Å². The van der Waals surface area contributed by atoms with E-state index in [-0.39, 0.29) is 17.5 Å². The Labute approximate surface area is 297 Å². The molecule has 2 aromatic heterocycles. The monoisotopic (exact) mass is 758 g/mol. The van der Waals surface area contributed by atoms with E-state index < -0.39 is 8.07 Å². The molecule has 6 heteroatoms. The van der Waals surface area contributed by atoms with E-state index in [9.17, 15) is 9.59 Å². The zero-order valence-corrected chi connectivity index (χ0v) is 32.0. The number of carbonyl (C=O) groups is 2. The number of aromatic amines is 2. The minimum Gasteiger partial charge on any atom is -0.355 e. The van der Waals surface area contributed by atoms with Gasteiger partial charge in [0.15, 0.2) is 0 Å². The van der Waals surface area contributed by atoms with Gasteiger partial charge in [-0.2, -0.15) is 0 Å². The fourth-order valence-corrected chi connectivity index (χ4v) is 7.03. The van der Waals surface area contributed by atoms with Gasteiger partial charge in [-0.1, -0.05) is 90.8 Å². The molecule has 4 rings (SSSR count). The molecule has 4 aromatic rings. The molecule has 0 aliphatic carbocycles. The van der Waals surface area contributed by atoms with Crippen molar-refractivity contribution in [1.29, 1.82) is 0 Å². The summed E-state index contributed by atoms with van der Waals surface area (Å²) in [4.78, 5) is 34.2. The number of carbonyl (C=O) groups excluding carboxylic acids is 2. The summed E-state index contributed by atoms with van der Waals surface area (Å²) in [7, 11) is -1.48. The van der Waals surface area contributed by atoms with E-state index in [4.69, 9.17) is 0 Å². The van der Waals surface area contributed by atoms with Crippen LogP contribution >= 0.6 is 22.6 Å². The highest BCUT2D eigenvalue weighted by Gasteiger charge is 2.29. The molecule has 0 saturated heterocycles. The van der Waals surface area contributed by atoms with Gasteiger partial charge in [0.2, 0.25) is 11.6 Å². The third-order valence-electron chi connectivity index (χ3n) is 8.74. The maximum atomic E-state index is 13.7. The number of aromatic nitrogens is 2. The van der Waals surface area contributed by atoms with Crippen LogP contribution in [0.5, 0.6) is 0 Å². The van der Waals surface area contributed by atoms with E-state index in [0.29, 0.717) is 28.4 Å². The molecule has 2 aromatic carbocycles. The predicted octanol–water partition coefficient (Wildman–Crippen LogP) is 11.3. The van der Waals surface area contributed by atoms with Gasteiger partial charge in [-0.3, -0.25) is 9.59 Å². The van der Waals surface area contributed by atoms with Crippen molar-refractivity contribution in [2.24, 2.45) is 5.92 Å². The minimum absolute atomic E-state index is 0.00539. The van der Waals surface area contributed by atoms with Gasteiger partial charge in [0.25, 0.3) is 0 Å². The van der Waals surface area contributed by atoms with Crippen LogP contribution in [0.3, 0.4) is 0 Å². The highest BCUT2D eigenvalue weighted by Crippen LogP contribution is 2.38. The SMILES string of the molecule is CCCCCCC(CCCCCC)C(c1ccc(C(=O)c2ccc(I)cc2)[nH]1)c1ccc(C(=O)c2ccc(C#C[Si](C)(C)C)cc2)[nH]1. The van der Waals surface area contributed by atoms with Crippen molar-refractivity contribution in [2.75, 3.05) is 0 Å². The number of rotatable bonds is 17. The van der Waals surface area contributed by atoms with Gasteiger partial charge < -0.3 is 9.97 Å². The lowest BCUT2D eigenvalue weighted by atomic mass is 9.80. The quantitative estimate of drug-likeness (QED) is 0.0370. The zero-order chi connectivity index (χ0) is 33.8. The lowest BCUT2D eigenvalue weighted by molar-refractivity contribution is 0.102. The van der Waals surface area contributed by atoms with Crippen LogP contribution in [-0.2, 0) is 0 Å². The van der Waals surface area contributed by atoms with Crippen molar-refractivity contribution in [3.8, 4) is 11.5 Å². The Morgan fingerprint density at radius 3 is 1.57 bits per heavy atom. The van der Waals surface area contributed by atoms with Gasteiger partial charge in [-0.25, -0.2) is 0 Å². The first-order chi connectivity index (χ1) is 22.6. The van der Waals surface area contributed by atoms with Crippen molar-refractivity contribution in [1.82, 2.24) is 9.97 Å². The Morgan fingerprint density at radius 2 is 1.13 bits per heavy atom. The van der Waals surface area contributed by atoms with Crippen molar-refractivity contribution >= 4 is 42.2 Å². The van der Waals surface area contributed by atoms with E-state index in [1.54, 1.807) is 0 Å². The number of H-pyrrole nitrogens is 2. The van der Waals surface area contributed by atoms with Crippen molar-refractivity contribution in [3.05, 3.63) is 116 Å². The lowest BCUT2D eigenvalue weighted by Gasteiger charge is -2.27. The van der Waals surface area contributed by atoms with E-state index >= 15 is 0 Å². The number of hydrogen-bond acceptors (Lipinski definition) is 2. The first-order valence-electron chi connectivity index (χ1n) is 17.5. The van der Waals surface area contributed by atoms with Crippen LogP contribution in [0.25, 0.3) is 0 Å². The molecule has 0 bridgehead atoms. The Hall–Kier alpha value is -3.15. The summed E-state index contributed by atoms with van der Waals surface area (Å²) in [6.45, 7) is 11.2. The van der Waals surface area contributed by atoms with Crippen LogP contribution in [0.2, 0.25) is 19.6 Å². The van der Waals surface area contributed by atoms with Crippen molar-refractivity contribution < 1.29 is 9.59 Å². The first-order valence-corrected chi connectivity index (χ1v) is 22.0. The van der Waals surface area contributed by atoms with Crippen LogP contribution in [0, 0.1) is 21.0 Å². The maximum absolute atomic E-state index is 13.7. The van der Waals surface area contributed by atoms with E-state index in [1.807, 2.05) is 60.7 Å². The Morgan fingerprint density at radius 1 is 0.660 bits per heavy atom. The average Bonchev–Trinajstić information content (AvgIpc) is 3.75. The van der Waals surface area contributed by atoms with Crippen molar-refractivity contribution in [2.45, 2.75) is 104 Å². The molecule has 2 N–H and O–H groups in total. The molecular weight excluding hydrogens is 707 g/mol. The number of hydrogen-bond donors (Lipinski definition) is 2. The van der Waals surface area contributed by atoms with Crippen LogP contribution in [-0.4, -0.2) is 29.6 Å². The standard InChI is InChI=1S/C41H51IN2O2Si/c1-6-8-10-12-14-31(15-13-11-9-7-2)39(36-25-27-38(44-36)41(46)33-20-22-34(42)23-21-33)35-24-26-37(43-35)40(45)32-18-16-30(17-19-32)28-29-47(3,4)5/h16-27,31,39,43-44H,6-15H2,1-5H3. The molecule has 248 valence electrons. The predicted molar refractivity (Wildman–Crippen MR) is 207 cm³/mol. The first kappa shape index (κ1) is 36.7. The summed E-state index contributed by atoms with van der Waals surface area (Å²) < 4.78 is 1.10. The second-order valence-corrected chi connectivity index (χ2v) is 19.8. The second kappa shape index (κ2) is 17.8. The number of ketones is 2. The molecule has 0 saturated carbocycles. The summed E-state index contributed by atoms with van der Waals surface area (Å²) in [6, 6.07) is 23.4. The molecule has 4 nitrogen and oxygen atoms in total. The second-order valence-electron chi connectivity index (χ2n) is 13.8. The highest BCUT2D eigenvalue weighted by atomic mass is 127. The maximum Gasteiger partial charge on any atom is 0.209 e. The van der Waals surface area contributed by atoms with Crippen molar-refractivity contribution in [3.63, 3.8) is 0 Å². The smallest absolute Gasteiger partial charge is 0.209 e. The molecule has 1 atom stereocenters. The van der Waals surface area contributed by atoms with Gasteiger partial charge >= 0.3 is 0 Å². The number of unbranched alkanes of at least 4 members (excludes halogenated alkanes) is 6. The van der Waals surface area contributed by atoms with Gasteiger partial charge in [0, 0.05) is 37.6 Å². The van der Waals surface area contributed by atoms with Gasteiger partial charge in [-0.05, 0) is 114 Å². The average molecular weight is 759 g/mol. The minimum atomic E-state index is -1.48. The molecule has 0 fully saturated rings. The summed E-state index contributed by atoms with van der Waals surface area (Å²) in [5.41, 5.74) is 8.90. The molecular formula is C41H51IN2O2Si. The van der Waals surface area contributed by atoms with Crippen LogP contribution in [0.1, 0.15) is 133 Å². The number of benzene rings is 2. The molecule has 47 heavy (non-hydrogen) atoms. The Bertz CT molecular complexity index is 1640. The topological polar surface area (TPSA) is 65.7 Å². The van der Waals surface area contributed by atoms with E-state index in [1.165, 1.54) is 51.4 Å². The highest BCUT2D eigenvalue weighted by molar-refractivity contribution is 14.1. The van der Waals surface area contributed by atoms with Crippen LogP contribution in [0.4, 0.5) is 0 Å². The summed E-state index contributed by atoms with van der Waals surface area (Å²) in [5.74, 6) is 3.66. The summed E-state index contributed by atoms with van der Waals surface area (Å²) in [6.07, 6.45) is 11.9. The van der Waals surface area contributed by atoms with Crippen LogP contribution in [0.15, 0.2) is 72.8 Å². The molecule has 0 spiro atoms. The molecule has 0 radical (unpaired) electrons. The molecule has 0 aliphatic rings. The number of nitrogens with one attached hydrogen (secondary N) is 2. The molecule has 0 aliphatic heterocycles. The molecule has 1 unspecified atom stereocenters. The lowest BCUT2D eigenvalue weighted by Crippen LogP contribution is -2.17. The van der Waals surface area contributed by atoms with E-state index in [0.717, 1.165) is 33.4 Å². The Balaban J connectivity index is 1.66. The van der Waals surface area contributed by atoms with Gasteiger partial charge in [0.05, 0.1) is 11.4 Å². The Kier molecular flexibility index (Phi) is 13.9. The normalized spacial score (nSPS) is 12.1.